The predicted molar refractivity (Wildman–Crippen MR) is 136 cm³/mol. The van der Waals surface area contributed by atoms with Gasteiger partial charge < -0.3 is 19.1 Å². The standard InChI is InChI=1S/C28H26F3N3O4/c1-34(16-17-12-24(36-2)26(38-4)25(13-17)37-3)27(35)19-10-8-18(9-11-19)22-15-23(33-32-22)20-6-5-7-21(14-20)28(29,30)31/h5-15H,16H2,1-4H3,(H,32,33). The topological polar surface area (TPSA) is 76.7 Å². The minimum Gasteiger partial charge on any atom is -0.493 e. The second-order valence-electron chi connectivity index (χ2n) is 8.52. The van der Waals surface area contributed by atoms with Gasteiger partial charge in [-0.05, 0) is 53.6 Å². The molecule has 0 saturated heterocycles. The van der Waals surface area contributed by atoms with Gasteiger partial charge in [0, 0.05) is 24.7 Å². The summed E-state index contributed by atoms with van der Waals surface area (Å²) in [5.41, 5.74) is 2.62. The molecule has 0 bridgehead atoms. The third-order valence-electron chi connectivity index (χ3n) is 6.00. The Kier molecular flexibility index (Phi) is 7.61. The summed E-state index contributed by atoms with van der Waals surface area (Å²) in [6.45, 7) is 0.304. The Morgan fingerprint density at radius 2 is 1.55 bits per heavy atom. The van der Waals surface area contributed by atoms with Crippen LogP contribution in [-0.4, -0.2) is 49.4 Å². The molecule has 0 atom stereocenters. The third kappa shape index (κ3) is 5.59. The lowest BCUT2D eigenvalue weighted by Crippen LogP contribution is -2.26. The SMILES string of the molecule is COc1cc(CN(C)C(=O)c2ccc(-c3cc(-c4cccc(C(F)(F)F)c4)n[nH]3)cc2)cc(OC)c1OC. The van der Waals surface area contributed by atoms with Gasteiger partial charge in [0.1, 0.15) is 0 Å². The molecule has 4 aromatic rings. The number of hydrogen-bond donors (Lipinski definition) is 1. The summed E-state index contributed by atoms with van der Waals surface area (Å²) in [6.07, 6.45) is -4.43. The van der Waals surface area contributed by atoms with Gasteiger partial charge in [-0.2, -0.15) is 18.3 Å². The van der Waals surface area contributed by atoms with Gasteiger partial charge in [0.2, 0.25) is 5.75 Å². The summed E-state index contributed by atoms with van der Waals surface area (Å²) < 4.78 is 55.3. The number of H-pyrrole nitrogens is 1. The molecule has 0 fully saturated rings. The van der Waals surface area contributed by atoms with E-state index in [1.807, 2.05) is 0 Å². The minimum absolute atomic E-state index is 0.195. The largest absolute Gasteiger partial charge is 0.493 e. The Labute approximate surface area is 217 Å². The normalized spacial score (nSPS) is 11.2. The molecule has 1 aromatic heterocycles. The first-order chi connectivity index (χ1) is 18.1. The summed E-state index contributed by atoms with van der Waals surface area (Å²) in [7, 11) is 6.27. The van der Waals surface area contributed by atoms with Crippen molar-refractivity contribution in [3.8, 4) is 39.8 Å². The van der Waals surface area contributed by atoms with Crippen molar-refractivity contribution >= 4 is 5.91 Å². The van der Waals surface area contributed by atoms with Crippen molar-refractivity contribution < 1.29 is 32.2 Å². The molecule has 0 saturated carbocycles. The lowest BCUT2D eigenvalue weighted by atomic mass is 10.1. The van der Waals surface area contributed by atoms with Gasteiger partial charge >= 0.3 is 6.18 Å². The summed E-state index contributed by atoms with van der Waals surface area (Å²) >= 11 is 0. The van der Waals surface area contributed by atoms with Crippen molar-refractivity contribution in [1.82, 2.24) is 15.1 Å². The quantitative estimate of drug-likeness (QED) is 0.303. The first-order valence-corrected chi connectivity index (χ1v) is 11.5. The summed E-state index contributed by atoms with van der Waals surface area (Å²) in [5, 5.41) is 7.02. The number of ether oxygens (including phenoxy) is 3. The van der Waals surface area contributed by atoms with E-state index in [0.717, 1.165) is 23.3 Å². The number of rotatable bonds is 8. The van der Waals surface area contributed by atoms with Crippen LogP contribution in [0.3, 0.4) is 0 Å². The van der Waals surface area contributed by atoms with Crippen molar-refractivity contribution in [2.24, 2.45) is 0 Å². The number of amides is 1. The van der Waals surface area contributed by atoms with Gasteiger partial charge in [0.25, 0.3) is 5.91 Å². The van der Waals surface area contributed by atoms with Crippen LogP contribution in [0.2, 0.25) is 0 Å². The maximum absolute atomic E-state index is 13.1. The zero-order valence-corrected chi connectivity index (χ0v) is 21.2. The van der Waals surface area contributed by atoms with Crippen molar-refractivity contribution in [2.45, 2.75) is 12.7 Å². The molecule has 38 heavy (non-hydrogen) atoms. The van der Waals surface area contributed by atoms with Crippen molar-refractivity contribution in [3.05, 3.63) is 83.4 Å². The van der Waals surface area contributed by atoms with Crippen LogP contribution in [0.25, 0.3) is 22.5 Å². The average Bonchev–Trinajstić information content (AvgIpc) is 3.42. The van der Waals surface area contributed by atoms with E-state index in [9.17, 15) is 18.0 Å². The molecule has 1 N–H and O–H groups in total. The van der Waals surface area contributed by atoms with E-state index in [4.69, 9.17) is 14.2 Å². The van der Waals surface area contributed by atoms with Crippen LogP contribution in [0, 0.1) is 0 Å². The van der Waals surface area contributed by atoms with E-state index in [2.05, 4.69) is 10.2 Å². The highest BCUT2D eigenvalue weighted by Gasteiger charge is 2.30. The van der Waals surface area contributed by atoms with E-state index < -0.39 is 11.7 Å². The van der Waals surface area contributed by atoms with Crippen LogP contribution in [0.1, 0.15) is 21.5 Å². The molecule has 4 rings (SSSR count). The monoisotopic (exact) mass is 525 g/mol. The van der Waals surface area contributed by atoms with Crippen molar-refractivity contribution in [3.63, 3.8) is 0 Å². The molecule has 10 heteroatoms. The molecule has 0 aliphatic rings. The van der Waals surface area contributed by atoms with E-state index in [-0.39, 0.29) is 5.91 Å². The molecule has 0 spiro atoms. The van der Waals surface area contributed by atoms with Crippen LogP contribution in [0.4, 0.5) is 13.2 Å². The lowest BCUT2D eigenvalue weighted by Gasteiger charge is -2.20. The highest BCUT2D eigenvalue weighted by molar-refractivity contribution is 5.94. The Balaban J connectivity index is 1.49. The molecule has 7 nitrogen and oxygen atoms in total. The first kappa shape index (κ1) is 26.6. The van der Waals surface area contributed by atoms with Crippen LogP contribution in [-0.2, 0) is 12.7 Å². The molecular weight excluding hydrogens is 499 g/mol. The molecule has 1 amide bonds. The highest BCUT2D eigenvalue weighted by Crippen LogP contribution is 2.38. The number of carbonyl (C=O) groups is 1. The minimum atomic E-state index is -4.43. The van der Waals surface area contributed by atoms with E-state index >= 15 is 0 Å². The number of carbonyl (C=O) groups excluding carboxylic acids is 1. The van der Waals surface area contributed by atoms with Crippen LogP contribution in [0.5, 0.6) is 17.2 Å². The fourth-order valence-corrected chi connectivity index (χ4v) is 4.06. The Bertz CT molecular complexity index is 1410. The fraction of sp³-hybridized carbons (Fsp3) is 0.214. The molecule has 0 aliphatic carbocycles. The van der Waals surface area contributed by atoms with Crippen molar-refractivity contribution in [1.29, 1.82) is 0 Å². The predicted octanol–water partition coefficient (Wildman–Crippen LogP) is 6.06. The van der Waals surface area contributed by atoms with Gasteiger partial charge in [0.05, 0.1) is 38.3 Å². The number of aromatic amines is 1. The van der Waals surface area contributed by atoms with Crippen LogP contribution >= 0.6 is 0 Å². The third-order valence-corrected chi connectivity index (χ3v) is 6.00. The number of nitrogens with zero attached hydrogens (tertiary/aromatic N) is 2. The van der Waals surface area contributed by atoms with Gasteiger partial charge in [0.15, 0.2) is 11.5 Å². The molecular formula is C28H26F3N3O4. The highest BCUT2D eigenvalue weighted by atomic mass is 19.4. The second-order valence-corrected chi connectivity index (χ2v) is 8.52. The smallest absolute Gasteiger partial charge is 0.416 e. The Morgan fingerprint density at radius 3 is 2.13 bits per heavy atom. The number of aromatic nitrogens is 2. The van der Waals surface area contributed by atoms with Gasteiger partial charge in [-0.1, -0.05) is 24.3 Å². The van der Waals surface area contributed by atoms with Gasteiger partial charge in [-0.25, -0.2) is 0 Å². The number of alkyl halides is 3. The average molecular weight is 526 g/mol. The zero-order chi connectivity index (χ0) is 27.4. The van der Waals surface area contributed by atoms with Crippen LogP contribution < -0.4 is 14.2 Å². The van der Waals surface area contributed by atoms with Gasteiger partial charge in [-0.3, -0.25) is 9.89 Å². The summed E-state index contributed by atoms with van der Waals surface area (Å²) in [6, 6.07) is 17.1. The van der Waals surface area contributed by atoms with Crippen molar-refractivity contribution in [2.75, 3.05) is 28.4 Å². The molecule has 198 valence electrons. The van der Waals surface area contributed by atoms with Crippen LogP contribution in [0.15, 0.2) is 66.7 Å². The number of methoxy groups -OCH3 is 3. The fourth-order valence-electron chi connectivity index (χ4n) is 4.06. The van der Waals surface area contributed by atoms with Gasteiger partial charge in [-0.15, -0.1) is 0 Å². The summed E-state index contributed by atoms with van der Waals surface area (Å²) in [4.78, 5) is 14.6. The maximum atomic E-state index is 13.1. The molecule has 0 unspecified atom stereocenters. The Morgan fingerprint density at radius 1 is 0.895 bits per heavy atom. The number of nitrogens with one attached hydrogen (secondary N) is 1. The lowest BCUT2D eigenvalue weighted by molar-refractivity contribution is -0.137. The maximum Gasteiger partial charge on any atom is 0.416 e. The van der Waals surface area contributed by atoms with E-state index in [0.29, 0.717) is 46.3 Å². The number of halogens is 3. The number of benzene rings is 3. The summed E-state index contributed by atoms with van der Waals surface area (Å²) in [5.74, 6) is 1.27. The zero-order valence-electron chi connectivity index (χ0n) is 21.2. The number of hydrogen-bond acceptors (Lipinski definition) is 5. The second kappa shape index (κ2) is 10.9. The first-order valence-electron chi connectivity index (χ1n) is 11.5. The Hall–Kier alpha value is -4.47. The molecule has 3 aromatic carbocycles. The van der Waals surface area contributed by atoms with E-state index in [1.165, 1.54) is 27.4 Å². The van der Waals surface area contributed by atoms with E-state index in [1.54, 1.807) is 60.5 Å². The molecule has 1 heterocycles. The molecule has 0 radical (unpaired) electrons. The molecule has 0 aliphatic heterocycles.